The molecule has 0 aliphatic carbocycles. The smallest absolute Gasteiger partial charge is 0.252 e. The van der Waals surface area contributed by atoms with Gasteiger partial charge in [0.2, 0.25) is 15.9 Å². The third-order valence-corrected chi connectivity index (χ3v) is 8.68. The molecule has 1 aliphatic rings. The zero-order chi connectivity index (χ0) is 21.1. The van der Waals surface area contributed by atoms with Gasteiger partial charge in [-0.05, 0) is 35.4 Å². The number of sulfonamides is 2. The van der Waals surface area contributed by atoms with Crippen molar-refractivity contribution in [2.45, 2.75) is 29.3 Å². The highest BCUT2D eigenvalue weighted by molar-refractivity contribution is 7.91. The molecule has 1 aliphatic heterocycles. The first-order valence-electron chi connectivity index (χ1n) is 9.05. The molecule has 8 nitrogen and oxygen atoms in total. The molecule has 1 saturated heterocycles. The van der Waals surface area contributed by atoms with Gasteiger partial charge in [-0.25, -0.2) is 22.0 Å². The van der Waals surface area contributed by atoms with Gasteiger partial charge in [-0.3, -0.25) is 4.79 Å². The molecule has 0 bridgehead atoms. The molecule has 0 unspecified atom stereocenters. The Bertz CT molecular complexity index is 1050. The molecule has 3 N–H and O–H groups in total. The summed E-state index contributed by atoms with van der Waals surface area (Å²) in [7, 11) is -7.15. The van der Waals surface area contributed by atoms with Gasteiger partial charge in [0.05, 0.1) is 11.7 Å². The number of rotatable bonds is 7. The summed E-state index contributed by atoms with van der Waals surface area (Å²) in [6.45, 7) is 0.859. The molecule has 0 radical (unpaired) electrons. The van der Waals surface area contributed by atoms with Crippen LogP contribution in [0.1, 0.15) is 24.0 Å². The van der Waals surface area contributed by atoms with E-state index in [2.05, 4.69) is 5.32 Å². The molecule has 158 valence electrons. The van der Waals surface area contributed by atoms with Gasteiger partial charge in [0.15, 0.2) is 0 Å². The normalized spacial score (nSPS) is 18.4. The van der Waals surface area contributed by atoms with E-state index in [-0.39, 0.29) is 29.0 Å². The number of thiophene rings is 1. The van der Waals surface area contributed by atoms with E-state index in [4.69, 9.17) is 5.14 Å². The second-order valence-electron chi connectivity index (χ2n) is 6.98. The summed E-state index contributed by atoms with van der Waals surface area (Å²) in [6, 6.07) is 10.0. The van der Waals surface area contributed by atoms with Crippen molar-refractivity contribution in [2.75, 3.05) is 13.1 Å². The number of hydrogen-bond acceptors (Lipinski definition) is 6. The Morgan fingerprint density at radius 1 is 1.14 bits per heavy atom. The summed E-state index contributed by atoms with van der Waals surface area (Å²) in [5, 5.41) is 9.59. The molecule has 1 fully saturated rings. The molecule has 11 heteroatoms. The number of nitrogens with two attached hydrogens (primary N) is 1. The lowest BCUT2D eigenvalue weighted by Crippen LogP contribution is -2.45. The molecule has 2 heterocycles. The minimum absolute atomic E-state index is 0.166. The van der Waals surface area contributed by atoms with Crippen LogP contribution < -0.4 is 10.5 Å². The Kier molecular flexibility index (Phi) is 6.74. The number of carbonyl (C=O) groups is 1. The first kappa shape index (κ1) is 21.9. The van der Waals surface area contributed by atoms with Crippen LogP contribution in [0, 0.1) is 5.92 Å². The number of piperidine rings is 1. The Labute approximate surface area is 174 Å². The number of hydrogen-bond donors (Lipinski definition) is 2. The third kappa shape index (κ3) is 5.86. The van der Waals surface area contributed by atoms with Crippen LogP contribution in [0.3, 0.4) is 0 Å². The van der Waals surface area contributed by atoms with Gasteiger partial charge in [-0.1, -0.05) is 30.3 Å². The van der Waals surface area contributed by atoms with E-state index in [9.17, 15) is 21.6 Å². The molecule has 0 saturated carbocycles. The first-order chi connectivity index (χ1) is 13.6. The summed E-state index contributed by atoms with van der Waals surface area (Å²) >= 11 is 1.17. The Balaban J connectivity index is 1.57. The molecule has 1 aromatic carbocycles. The zero-order valence-electron chi connectivity index (χ0n) is 15.7. The molecule has 2 aromatic rings. The molecule has 1 amide bonds. The van der Waals surface area contributed by atoms with E-state index in [0.29, 0.717) is 24.9 Å². The number of nitrogens with one attached hydrogen (secondary N) is 1. The van der Waals surface area contributed by atoms with Crippen LogP contribution in [0.2, 0.25) is 0 Å². The van der Waals surface area contributed by atoms with Gasteiger partial charge in [0.1, 0.15) is 4.21 Å². The maximum absolute atomic E-state index is 12.7. The summed E-state index contributed by atoms with van der Waals surface area (Å²) in [5.74, 6) is -0.833. The van der Waals surface area contributed by atoms with Crippen molar-refractivity contribution in [2.24, 2.45) is 11.1 Å². The topological polar surface area (TPSA) is 127 Å². The SMILES string of the molecule is NS(=O)(=O)Cc1ccc(CNC(=O)[C@@H]2CCCN(S(=O)(=O)c3cccs3)C2)cc1. The predicted octanol–water partition coefficient (Wildman–Crippen LogP) is 1.25. The average Bonchev–Trinajstić information content (AvgIpc) is 3.22. The van der Waals surface area contributed by atoms with Crippen molar-refractivity contribution in [1.29, 1.82) is 0 Å². The molecule has 1 atom stereocenters. The second kappa shape index (κ2) is 8.92. The fourth-order valence-electron chi connectivity index (χ4n) is 3.23. The van der Waals surface area contributed by atoms with Crippen molar-refractivity contribution in [1.82, 2.24) is 9.62 Å². The molecule has 1 aromatic heterocycles. The van der Waals surface area contributed by atoms with Gasteiger partial charge < -0.3 is 5.32 Å². The Hall–Kier alpha value is -1.79. The number of primary sulfonamides is 1. The molecule has 3 rings (SSSR count). The lowest BCUT2D eigenvalue weighted by Gasteiger charge is -2.30. The van der Waals surface area contributed by atoms with Gasteiger partial charge in [-0.15, -0.1) is 11.3 Å². The minimum atomic E-state index is -3.59. The van der Waals surface area contributed by atoms with E-state index in [1.165, 1.54) is 15.6 Å². The maximum atomic E-state index is 12.7. The van der Waals surface area contributed by atoms with Crippen molar-refractivity contribution in [3.8, 4) is 0 Å². The van der Waals surface area contributed by atoms with Crippen LogP contribution >= 0.6 is 11.3 Å². The third-order valence-electron chi connectivity index (χ3n) is 4.70. The first-order valence-corrected chi connectivity index (χ1v) is 13.1. The highest BCUT2D eigenvalue weighted by Crippen LogP contribution is 2.26. The maximum Gasteiger partial charge on any atom is 0.252 e. The van der Waals surface area contributed by atoms with Crippen molar-refractivity contribution >= 4 is 37.3 Å². The fraction of sp³-hybridized carbons (Fsp3) is 0.389. The molecular weight excluding hydrogens is 434 g/mol. The van der Waals surface area contributed by atoms with Gasteiger partial charge >= 0.3 is 0 Å². The summed E-state index contributed by atoms with van der Waals surface area (Å²) in [6.07, 6.45) is 1.26. The van der Waals surface area contributed by atoms with Crippen LogP contribution in [-0.4, -0.2) is 40.1 Å². The highest BCUT2D eigenvalue weighted by Gasteiger charge is 2.33. The fourth-order valence-corrected chi connectivity index (χ4v) is 6.56. The van der Waals surface area contributed by atoms with Crippen molar-refractivity contribution in [3.63, 3.8) is 0 Å². The number of benzene rings is 1. The van der Waals surface area contributed by atoms with Crippen LogP contribution in [0.25, 0.3) is 0 Å². The van der Waals surface area contributed by atoms with E-state index in [1.807, 2.05) is 0 Å². The molecule has 29 heavy (non-hydrogen) atoms. The van der Waals surface area contributed by atoms with Crippen molar-refractivity contribution in [3.05, 3.63) is 52.9 Å². The van der Waals surface area contributed by atoms with E-state index >= 15 is 0 Å². The van der Waals surface area contributed by atoms with E-state index in [1.54, 1.807) is 41.8 Å². The van der Waals surface area contributed by atoms with E-state index in [0.717, 1.165) is 5.56 Å². The summed E-state index contributed by atoms with van der Waals surface area (Å²) in [5.41, 5.74) is 1.39. The van der Waals surface area contributed by atoms with Crippen LogP contribution in [0.5, 0.6) is 0 Å². The molecular formula is C18H23N3O5S3. The highest BCUT2D eigenvalue weighted by atomic mass is 32.2. The van der Waals surface area contributed by atoms with Gasteiger partial charge in [-0.2, -0.15) is 4.31 Å². The van der Waals surface area contributed by atoms with Crippen LogP contribution in [0.4, 0.5) is 0 Å². The Morgan fingerprint density at radius 2 is 1.83 bits per heavy atom. The van der Waals surface area contributed by atoms with Gasteiger partial charge in [0.25, 0.3) is 10.0 Å². The monoisotopic (exact) mass is 457 g/mol. The number of carbonyl (C=O) groups excluding carboxylic acids is 1. The lowest BCUT2D eigenvalue weighted by molar-refractivity contribution is -0.126. The van der Waals surface area contributed by atoms with Gasteiger partial charge in [0, 0.05) is 19.6 Å². The summed E-state index contributed by atoms with van der Waals surface area (Å²) in [4.78, 5) is 12.6. The van der Waals surface area contributed by atoms with E-state index < -0.39 is 26.0 Å². The van der Waals surface area contributed by atoms with Crippen LogP contribution in [-0.2, 0) is 37.1 Å². The minimum Gasteiger partial charge on any atom is -0.352 e. The standard InChI is InChI=1S/C18H23N3O5S3/c19-28(23,24)13-15-7-5-14(6-8-15)11-20-18(22)16-3-1-9-21(12-16)29(25,26)17-4-2-10-27-17/h2,4-8,10,16H,1,3,9,11-13H2,(H,20,22)(H2,19,23,24)/t16-/m1/s1. The largest absolute Gasteiger partial charge is 0.352 e. The number of nitrogens with zero attached hydrogens (tertiary/aromatic N) is 1. The number of amides is 1. The quantitative estimate of drug-likeness (QED) is 0.647. The summed E-state index contributed by atoms with van der Waals surface area (Å²) < 4.78 is 49.3. The predicted molar refractivity (Wildman–Crippen MR) is 111 cm³/mol. The zero-order valence-corrected chi connectivity index (χ0v) is 18.1. The van der Waals surface area contributed by atoms with Crippen molar-refractivity contribution < 1.29 is 21.6 Å². The lowest BCUT2D eigenvalue weighted by atomic mass is 9.98. The van der Waals surface area contributed by atoms with Crippen LogP contribution in [0.15, 0.2) is 46.0 Å². The molecule has 0 spiro atoms. The average molecular weight is 458 g/mol. The Morgan fingerprint density at radius 3 is 2.45 bits per heavy atom. The second-order valence-corrected chi connectivity index (χ2v) is 11.7.